The van der Waals surface area contributed by atoms with Gasteiger partial charge in [-0.3, -0.25) is 4.79 Å². The number of rotatable bonds is 3. The van der Waals surface area contributed by atoms with E-state index >= 15 is 0 Å². The first-order chi connectivity index (χ1) is 9.33. The first kappa shape index (κ1) is 11.4. The van der Waals surface area contributed by atoms with Crippen molar-refractivity contribution in [1.82, 2.24) is 5.16 Å². The summed E-state index contributed by atoms with van der Waals surface area (Å²) in [6, 6.07) is 13.1. The minimum atomic E-state index is -0.143. The maximum atomic E-state index is 11.9. The first-order valence-corrected chi connectivity index (χ1v) is 5.91. The fourth-order valence-corrected chi connectivity index (χ4v) is 1.85. The first-order valence-electron chi connectivity index (χ1n) is 5.91. The van der Waals surface area contributed by atoms with E-state index in [1.165, 1.54) is 0 Å². The standard InChI is InChI=1S/C14H11N3O2/c18-13(10-17-8-4-1-5-9-17)15-14-11-6-2-3-7-12(11)19-16-14/h1-9H,10H2/p+1. The normalized spacial score (nSPS) is 10.5. The summed E-state index contributed by atoms with van der Waals surface area (Å²) in [5, 5.41) is 7.41. The summed E-state index contributed by atoms with van der Waals surface area (Å²) in [6.07, 6.45) is 3.67. The van der Waals surface area contributed by atoms with E-state index in [-0.39, 0.29) is 12.5 Å². The van der Waals surface area contributed by atoms with Crippen LogP contribution in [0.2, 0.25) is 0 Å². The van der Waals surface area contributed by atoms with Gasteiger partial charge in [0.25, 0.3) is 5.91 Å². The maximum Gasteiger partial charge on any atom is 0.291 e. The largest absolute Gasteiger partial charge is 0.354 e. The molecule has 2 heterocycles. The van der Waals surface area contributed by atoms with Crippen LogP contribution in [-0.4, -0.2) is 11.1 Å². The van der Waals surface area contributed by atoms with Gasteiger partial charge in [-0.1, -0.05) is 23.4 Å². The van der Waals surface area contributed by atoms with E-state index in [1.54, 1.807) is 4.57 Å². The molecule has 2 aromatic heterocycles. The lowest BCUT2D eigenvalue weighted by Crippen LogP contribution is -2.39. The van der Waals surface area contributed by atoms with Crippen molar-refractivity contribution in [1.29, 1.82) is 0 Å². The SMILES string of the molecule is O=C(C[n+]1ccccc1)Nc1noc2ccccc12. The number of nitrogens with zero attached hydrogens (tertiary/aromatic N) is 2. The lowest BCUT2D eigenvalue weighted by atomic mass is 10.2. The molecule has 0 atom stereocenters. The van der Waals surface area contributed by atoms with E-state index in [1.807, 2.05) is 54.9 Å². The van der Waals surface area contributed by atoms with Crippen molar-refractivity contribution < 1.29 is 13.9 Å². The molecule has 3 rings (SSSR count). The molecule has 0 saturated heterocycles. The Balaban J connectivity index is 1.76. The number of carbonyl (C=O) groups excluding carboxylic acids is 1. The molecule has 0 spiro atoms. The van der Waals surface area contributed by atoms with Gasteiger partial charge in [0.05, 0.1) is 5.39 Å². The summed E-state index contributed by atoms with van der Waals surface area (Å²) in [5.74, 6) is 0.312. The van der Waals surface area contributed by atoms with Crippen LogP contribution >= 0.6 is 0 Å². The van der Waals surface area contributed by atoms with Crippen molar-refractivity contribution >= 4 is 22.7 Å². The fourth-order valence-electron chi connectivity index (χ4n) is 1.85. The Bertz CT molecular complexity index is 707. The summed E-state index contributed by atoms with van der Waals surface area (Å²) >= 11 is 0. The second-order valence-corrected chi connectivity index (χ2v) is 4.12. The van der Waals surface area contributed by atoms with Crippen molar-refractivity contribution in [3.8, 4) is 0 Å². The predicted octanol–water partition coefficient (Wildman–Crippen LogP) is 1.75. The highest BCUT2D eigenvalue weighted by Crippen LogP contribution is 2.21. The highest BCUT2D eigenvalue weighted by molar-refractivity contribution is 5.98. The van der Waals surface area contributed by atoms with Crippen molar-refractivity contribution in [2.45, 2.75) is 6.54 Å². The van der Waals surface area contributed by atoms with Crippen LogP contribution in [0.15, 0.2) is 59.4 Å². The van der Waals surface area contributed by atoms with Crippen LogP contribution in [0.25, 0.3) is 11.0 Å². The number of para-hydroxylation sites is 1. The van der Waals surface area contributed by atoms with Gasteiger partial charge in [0.15, 0.2) is 23.8 Å². The second-order valence-electron chi connectivity index (χ2n) is 4.12. The van der Waals surface area contributed by atoms with E-state index < -0.39 is 0 Å². The van der Waals surface area contributed by atoms with Gasteiger partial charge in [-0.05, 0) is 12.1 Å². The zero-order chi connectivity index (χ0) is 13.1. The van der Waals surface area contributed by atoms with E-state index in [4.69, 9.17) is 4.52 Å². The molecule has 0 aliphatic rings. The smallest absolute Gasteiger partial charge is 0.291 e. The number of benzene rings is 1. The number of nitrogens with one attached hydrogen (secondary N) is 1. The number of hydrogen-bond acceptors (Lipinski definition) is 3. The highest BCUT2D eigenvalue weighted by Gasteiger charge is 2.13. The van der Waals surface area contributed by atoms with Crippen molar-refractivity contribution in [2.75, 3.05) is 5.32 Å². The Morgan fingerprint density at radius 1 is 1.16 bits per heavy atom. The van der Waals surface area contributed by atoms with Crippen LogP contribution in [0.4, 0.5) is 5.82 Å². The average molecular weight is 254 g/mol. The minimum absolute atomic E-state index is 0.143. The van der Waals surface area contributed by atoms with Crippen molar-refractivity contribution in [3.63, 3.8) is 0 Å². The summed E-state index contributed by atoms with van der Waals surface area (Å²) in [7, 11) is 0. The van der Waals surface area contributed by atoms with Gasteiger partial charge >= 0.3 is 0 Å². The molecule has 5 heteroatoms. The van der Waals surface area contributed by atoms with Crippen molar-refractivity contribution in [2.24, 2.45) is 0 Å². The Morgan fingerprint density at radius 3 is 2.79 bits per heavy atom. The number of hydrogen-bond donors (Lipinski definition) is 1. The number of carbonyl (C=O) groups is 1. The Morgan fingerprint density at radius 2 is 1.95 bits per heavy atom. The number of amides is 1. The fraction of sp³-hybridized carbons (Fsp3) is 0.0714. The lowest BCUT2D eigenvalue weighted by molar-refractivity contribution is -0.684. The number of aromatic nitrogens is 2. The van der Waals surface area contributed by atoms with Crippen LogP contribution in [0.5, 0.6) is 0 Å². The third-order valence-electron chi connectivity index (χ3n) is 2.74. The summed E-state index contributed by atoms with van der Waals surface area (Å²) in [4.78, 5) is 11.9. The molecule has 0 radical (unpaired) electrons. The Labute approximate surface area is 109 Å². The molecule has 1 N–H and O–H groups in total. The molecule has 0 aliphatic carbocycles. The quantitative estimate of drug-likeness (QED) is 0.724. The van der Waals surface area contributed by atoms with Gasteiger partial charge in [-0.15, -0.1) is 0 Å². The van der Waals surface area contributed by atoms with E-state index in [2.05, 4.69) is 10.5 Å². The molecular formula is C14H12N3O2+. The molecule has 5 nitrogen and oxygen atoms in total. The zero-order valence-electron chi connectivity index (χ0n) is 10.1. The molecule has 1 amide bonds. The monoisotopic (exact) mass is 254 g/mol. The highest BCUT2D eigenvalue weighted by atomic mass is 16.5. The number of anilines is 1. The Kier molecular flexibility index (Phi) is 2.94. The molecule has 3 aromatic rings. The van der Waals surface area contributed by atoms with Gasteiger partial charge in [0.1, 0.15) is 0 Å². The van der Waals surface area contributed by atoms with Crippen LogP contribution < -0.4 is 9.88 Å². The van der Waals surface area contributed by atoms with E-state index in [0.29, 0.717) is 11.4 Å². The van der Waals surface area contributed by atoms with Crippen LogP contribution in [-0.2, 0) is 11.3 Å². The van der Waals surface area contributed by atoms with Crippen LogP contribution in [0, 0.1) is 0 Å². The molecule has 94 valence electrons. The second kappa shape index (κ2) is 4.89. The van der Waals surface area contributed by atoms with Gasteiger partial charge in [0.2, 0.25) is 6.54 Å². The number of fused-ring (bicyclic) bond motifs is 1. The molecule has 0 bridgehead atoms. The van der Waals surface area contributed by atoms with Crippen LogP contribution in [0.3, 0.4) is 0 Å². The molecule has 19 heavy (non-hydrogen) atoms. The third-order valence-corrected chi connectivity index (χ3v) is 2.74. The molecular weight excluding hydrogens is 242 g/mol. The summed E-state index contributed by atoms with van der Waals surface area (Å²) < 4.78 is 6.92. The zero-order valence-corrected chi connectivity index (χ0v) is 10.1. The van der Waals surface area contributed by atoms with Gasteiger partial charge < -0.3 is 9.84 Å². The molecule has 1 aromatic carbocycles. The predicted molar refractivity (Wildman–Crippen MR) is 69.3 cm³/mol. The molecule has 0 fully saturated rings. The molecule has 0 unspecified atom stereocenters. The third kappa shape index (κ3) is 2.44. The summed E-state index contributed by atoms with van der Waals surface area (Å²) in [6.45, 7) is 0.238. The molecule has 0 saturated carbocycles. The minimum Gasteiger partial charge on any atom is -0.354 e. The topological polar surface area (TPSA) is 59.0 Å². The maximum absolute atomic E-state index is 11.9. The van der Waals surface area contributed by atoms with E-state index in [9.17, 15) is 4.79 Å². The number of pyridine rings is 1. The summed E-state index contributed by atoms with van der Waals surface area (Å²) in [5.41, 5.74) is 0.658. The van der Waals surface area contributed by atoms with Crippen LogP contribution in [0.1, 0.15) is 0 Å². The van der Waals surface area contributed by atoms with Gasteiger partial charge in [-0.2, -0.15) is 4.57 Å². The van der Waals surface area contributed by atoms with Gasteiger partial charge in [0, 0.05) is 12.1 Å². The van der Waals surface area contributed by atoms with Gasteiger partial charge in [-0.25, -0.2) is 0 Å². The van der Waals surface area contributed by atoms with E-state index in [0.717, 1.165) is 5.39 Å². The average Bonchev–Trinajstić information content (AvgIpc) is 2.83. The molecule has 0 aliphatic heterocycles. The Hall–Kier alpha value is -2.69. The van der Waals surface area contributed by atoms with Crippen molar-refractivity contribution in [3.05, 3.63) is 54.9 Å². The lowest BCUT2D eigenvalue weighted by Gasteiger charge is -1.98.